The van der Waals surface area contributed by atoms with Crippen molar-refractivity contribution >= 4 is 60.5 Å². The van der Waals surface area contributed by atoms with Gasteiger partial charge in [0.15, 0.2) is 0 Å². The second-order valence-electron chi connectivity index (χ2n) is 13.2. The largest absolute Gasteiger partial charge is 0.455 e. The van der Waals surface area contributed by atoms with E-state index in [9.17, 15) is 0 Å². The Kier molecular flexibility index (Phi) is 7.14. The molecule has 10 aromatic rings. The van der Waals surface area contributed by atoms with Crippen molar-refractivity contribution in [2.75, 3.05) is 4.90 Å². The normalized spacial score (nSPS) is 11.5. The predicted molar refractivity (Wildman–Crippen MR) is 218 cm³/mol. The van der Waals surface area contributed by atoms with Gasteiger partial charge in [0, 0.05) is 45.3 Å². The Morgan fingerprint density at radius 3 is 1.73 bits per heavy atom. The van der Waals surface area contributed by atoms with Crippen molar-refractivity contribution in [3.05, 3.63) is 194 Å². The quantitative estimate of drug-likeness (QED) is 0.177. The Balaban J connectivity index is 1.17. The summed E-state index contributed by atoms with van der Waals surface area (Å²) in [5.41, 5.74) is 12.1. The molecule has 0 unspecified atom stereocenters. The number of benzene rings is 8. The lowest BCUT2D eigenvalue weighted by Gasteiger charge is -2.27. The molecule has 0 amide bonds. The van der Waals surface area contributed by atoms with Crippen LogP contribution in [0, 0.1) is 0 Å². The number of fused-ring (bicyclic) bond motifs is 6. The number of hydrogen-bond acceptors (Lipinski definition) is 3. The number of rotatable bonds is 6. The minimum absolute atomic E-state index is 0.855. The van der Waals surface area contributed by atoms with E-state index in [1.807, 2.05) is 24.5 Å². The summed E-state index contributed by atoms with van der Waals surface area (Å²) in [5.74, 6) is 0. The third-order valence-electron chi connectivity index (χ3n) is 10.1. The zero-order valence-electron chi connectivity index (χ0n) is 28.3. The Hall–Kier alpha value is -6.97. The maximum atomic E-state index is 6.46. The molecule has 3 nitrogen and oxygen atoms in total. The van der Waals surface area contributed by atoms with Gasteiger partial charge in [-0.25, -0.2) is 0 Å². The van der Waals surface area contributed by atoms with E-state index in [0.29, 0.717) is 0 Å². The Morgan fingerprint density at radius 2 is 1.00 bits per heavy atom. The fraction of sp³-hybridized carbons (Fsp3) is 0. The molecule has 0 aliphatic carbocycles. The fourth-order valence-corrected chi connectivity index (χ4v) is 7.60. The number of nitrogens with zero attached hydrogens (tertiary/aromatic N) is 2. The lowest BCUT2D eigenvalue weighted by atomic mass is 9.93. The van der Waals surface area contributed by atoms with Crippen molar-refractivity contribution in [3.63, 3.8) is 0 Å². The highest BCUT2D eigenvalue weighted by atomic mass is 16.3. The van der Waals surface area contributed by atoms with Crippen LogP contribution in [0.3, 0.4) is 0 Å². The van der Waals surface area contributed by atoms with E-state index < -0.39 is 0 Å². The molecule has 8 aromatic carbocycles. The van der Waals surface area contributed by atoms with Gasteiger partial charge in [0.05, 0.1) is 5.69 Å². The van der Waals surface area contributed by atoms with Crippen molar-refractivity contribution in [2.24, 2.45) is 0 Å². The smallest absolute Gasteiger partial charge is 0.144 e. The highest BCUT2D eigenvalue weighted by Crippen LogP contribution is 2.45. The van der Waals surface area contributed by atoms with Crippen LogP contribution in [0.1, 0.15) is 0 Å². The third-order valence-corrected chi connectivity index (χ3v) is 10.1. The maximum absolute atomic E-state index is 6.46. The van der Waals surface area contributed by atoms with Crippen LogP contribution in [0.5, 0.6) is 0 Å². The lowest BCUT2D eigenvalue weighted by molar-refractivity contribution is 0.672. The molecule has 10 rings (SSSR count). The highest BCUT2D eigenvalue weighted by molar-refractivity contribution is 6.19. The average Bonchev–Trinajstić information content (AvgIpc) is 3.61. The van der Waals surface area contributed by atoms with Gasteiger partial charge in [-0.05, 0) is 98.8 Å². The first-order chi connectivity index (χ1) is 25.8. The van der Waals surface area contributed by atoms with Crippen LogP contribution in [0.2, 0.25) is 0 Å². The summed E-state index contributed by atoms with van der Waals surface area (Å²) in [6.45, 7) is 0. The van der Waals surface area contributed by atoms with Crippen LogP contribution in [-0.2, 0) is 0 Å². The van der Waals surface area contributed by atoms with Crippen LogP contribution in [0.25, 0.3) is 76.9 Å². The van der Waals surface area contributed by atoms with Gasteiger partial charge in [-0.3, -0.25) is 4.98 Å². The molecular weight excluding hydrogens is 633 g/mol. The van der Waals surface area contributed by atoms with Gasteiger partial charge >= 0.3 is 0 Å². The van der Waals surface area contributed by atoms with Gasteiger partial charge in [0.2, 0.25) is 0 Å². The molecule has 0 saturated carbocycles. The molecule has 0 radical (unpaired) electrons. The summed E-state index contributed by atoms with van der Waals surface area (Å²) >= 11 is 0. The number of hydrogen-bond donors (Lipinski definition) is 0. The summed E-state index contributed by atoms with van der Waals surface area (Å²) in [5, 5.41) is 6.67. The van der Waals surface area contributed by atoms with Gasteiger partial charge in [-0.1, -0.05) is 127 Å². The first-order valence-electron chi connectivity index (χ1n) is 17.6. The maximum Gasteiger partial charge on any atom is 0.144 e. The van der Waals surface area contributed by atoms with Crippen molar-refractivity contribution < 1.29 is 4.42 Å². The molecule has 2 aromatic heterocycles. The summed E-state index contributed by atoms with van der Waals surface area (Å²) < 4.78 is 6.46. The van der Waals surface area contributed by atoms with Crippen molar-refractivity contribution in [3.8, 4) is 33.4 Å². The van der Waals surface area contributed by atoms with E-state index in [1.54, 1.807) is 0 Å². The van der Waals surface area contributed by atoms with E-state index in [-0.39, 0.29) is 0 Å². The van der Waals surface area contributed by atoms with Gasteiger partial charge in [0.25, 0.3) is 0 Å². The van der Waals surface area contributed by atoms with Crippen molar-refractivity contribution in [1.82, 2.24) is 4.98 Å². The zero-order valence-corrected chi connectivity index (χ0v) is 28.3. The number of pyridine rings is 1. The van der Waals surface area contributed by atoms with E-state index in [1.165, 1.54) is 44.2 Å². The Morgan fingerprint density at radius 1 is 0.404 bits per heavy atom. The van der Waals surface area contributed by atoms with Gasteiger partial charge in [-0.15, -0.1) is 0 Å². The molecule has 3 heteroatoms. The molecule has 52 heavy (non-hydrogen) atoms. The summed E-state index contributed by atoms with van der Waals surface area (Å²) in [6, 6.07) is 64.9. The third kappa shape index (κ3) is 5.10. The minimum Gasteiger partial charge on any atom is -0.455 e. The van der Waals surface area contributed by atoms with Crippen molar-refractivity contribution in [1.29, 1.82) is 0 Å². The molecule has 0 saturated heterocycles. The van der Waals surface area contributed by atoms with Crippen LogP contribution < -0.4 is 4.90 Å². The average molecular weight is 665 g/mol. The first kappa shape index (κ1) is 29.9. The standard InChI is InChI=1S/C49H32N2O/c1-3-11-33(12-4-1)35-19-23-39(24-20-35)51(47-31-45-43-17-9-10-18-48(43)52-49(45)46-32-50-28-27-42(46)47)40-25-21-36(22-26-40)44-30-38(34-13-5-2-6-14-34)29-37-15-7-8-16-41(37)44/h1-32H. The Labute approximate surface area is 301 Å². The molecule has 0 aliphatic heterocycles. The zero-order chi connectivity index (χ0) is 34.4. The summed E-state index contributed by atoms with van der Waals surface area (Å²) in [6.07, 6.45) is 3.79. The highest BCUT2D eigenvalue weighted by Gasteiger charge is 2.21. The second kappa shape index (κ2) is 12.4. The number of furan rings is 1. The molecular formula is C49H32N2O. The van der Waals surface area contributed by atoms with Gasteiger partial charge in [-0.2, -0.15) is 0 Å². The topological polar surface area (TPSA) is 29.3 Å². The molecule has 0 atom stereocenters. The summed E-state index contributed by atoms with van der Waals surface area (Å²) in [4.78, 5) is 6.91. The number of aromatic nitrogens is 1. The van der Waals surface area contributed by atoms with Crippen LogP contribution in [-0.4, -0.2) is 4.98 Å². The van der Waals surface area contributed by atoms with Gasteiger partial charge in [0.1, 0.15) is 11.2 Å². The van der Waals surface area contributed by atoms with E-state index in [0.717, 1.165) is 49.8 Å². The Bertz CT molecular complexity index is 2880. The van der Waals surface area contributed by atoms with E-state index in [4.69, 9.17) is 4.42 Å². The summed E-state index contributed by atoms with van der Waals surface area (Å²) in [7, 11) is 0. The molecule has 0 aliphatic rings. The van der Waals surface area contributed by atoms with E-state index in [2.05, 4.69) is 180 Å². The minimum atomic E-state index is 0.855. The molecule has 2 heterocycles. The molecule has 0 N–H and O–H groups in total. The molecule has 0 spiro atoms. The van der Waals surface area contributed by atoms with Crippen LogP contribution in [0.15, 0.2) is 199 Å². The number of para-hydroxylation sites is 1. The van der Waals surface area contributed by atoms with E-state index >= 15 is 0 Å². The van der Waals surface area contributed by atoms with Gasteiger partial charge < -0.3 is 9.32 Å². The second-order valence-corrected chi connectivity index (χ2v) is 13.2. The van der Waals surface area contributed by atoms with Crippen LogP contribution >= 0.6 is 0 Å². The fourth-order valence-electron chi connectivity index (χ4n) is 7.60. The predicted octanol–water partition coefficient (Wildman–Crippen LogP) is 13.8. The molecule has 0 fully saturated rings. The lowest BCUT2D eigenvalue weighted by Crippen LogP contribution is -2.10. The number of anilines is 3. The SMILES string of the molecule is c1ccc(-c2ccc(N(c3ccc(-c4cc(-c5ccccc5)cc5ccccc45)cc3)c3cc4c5ccccc5oc4c4cnccc34)cc2)cc1. The van der Waals surface area contributed by atoms with Crippen molar-refractivity contribution in [2.45, 2.75) is 0 Å². The molecule has 244 valence electrons. The molecule has 0 bridgehead atoms. The monoisotopic (exact) mass is 664 g/mol. The first-order valence-corrected chi connectivity index (χ1v) is 17.6. The van der Waals surface area contributed by atoms with Crippen LogP contribution in [0.4, 0.5) is 17.1 Å².